The summed E-state index contributed by atoms with van der Waals surface area (Å²) in [4.78, 5) is 14.1. The highest BCUT2D eigenvalue weighted by Gasteiger charge is 2.25. The second kappa shape index (κ2) is 5.89. The van der Waals surface area contributed by atoms with E-state index in [1.807, 2.05) is 18.2 Å². The van der Waals surface area contributed by atoms with Gasteiger partial charge in [-0.3, -0.25) is 4.79 Å². The van der Waals surface area contributed by atoms with E-state index in [0.29, 0.717) is 10.5 Å². The Morgan fingerprint density at radius 2 is 2.10 bits per heavy atom. The van der Waals surface area contributed by atoms with E-state index in [1.54, 1.807) is 13.2 Å². The Hall–Kier alpha value is -1.82. The minimum atomic E-state index is -0.105. The molecule has 2 aromatic rings. The highest BCUT2D eigenvalue weighted by atomic mass is 79.9. The number of hydrogen-bond donors (Lipinski definition) is 1. The first kappa shape index (κ1) is 14.1. The molecule has 6 heteroatoms. The van der Waals surface area contributed by atoms with Crippen LogP contribution in [0.1, 0.15) is 6.42 Å². The molecule has 21 heavy (non-hydrogen) atoms. The number of hydrogen-bond acceptors (Lipinski definition) is 4. The van der Waals surface area contributed by atoms with Crippen LogP contribution in [0.5, 0.6) is 0 Å². The summed E-state index contributed by atoms with van der Waals surface area (Å²) in [5.74, 6) is 0. The van der Waals surface area contributed by atoms with Gasteiger partial charge in [0.25, 0.3) is 5.56 Å². The molecule has 5 nitrogen and oxygen atoms in total. The lowest BCUT2D eigenvalue weighted by Gasteiger charge is -2.20. The monoisotopic (exact) mass is 348 g/mol. The summed E-state index contributed by atoms with van der Waals surface area (Å²) in [6.45, 7) is 1.78. The van der Waals surface area contributed by atoms with Crippen molar-refractivity contribution < 1.29 is 0 Å². The Bertz CT molecular complexity index is 686. The molecule has 0 amide bonds. The molecule has 110 valence electrons. The van der Waals surface area contributed by atoms with Crippen LogP contribution in [0.4, 0.5) is 11.4 Å². The fourth-order valence-electron chi connectivity index (χ4n) is 2.59. The van der Waals surface area contributed by atoms with Gasteiger partial charge in [0.1, 0.15) is 4.47 Å². The van der Waals surface area contributed by atoms with Crippen LogP contribution in [-0.4, -0.2) is 28.9 Å². The first-order valence-corrected chi connectivity index (χ1v) is 7.73. The molecule has 1 saturated heterocycles. The fraction of sp³-hybridized carbons (Fsp3) is 0.333. The Labute approximate surface area is 131 Å². The van der Waals surface area contributed by atoms with Gasteiger partial charge >= 0.3 is 0 Å². The first-order valence-electron chi connectivity index (χ1n) is 6.93. The average Bonchev–Trinajstić information content (AvgIpc) is 2.94. The Kier molecular flexibility index (Phi) is 3.96. The van der Waals surface area contributed by atoms with E-state index in [2.05, 4.69) is 43.4 Å². The zero-order valence-electron chi connectivity index (χ0n) is 11.8. The summed E-state index contributed by atoms with van der Waals surface area (Å²) in [7, 11) is 1.65. The zero-order chi connectivity index (χ0) is 14.8. The van der Waals surface area contributed by atoms with Crippen molar-refractivity contribution in [3.05, 3.63) is 51.4 Å². The number of aryl methyl sites for hydroxylation is 1. The molecule has 1 atom stereocenters. The summed E-state index contributed by atoms with van der Waals surface area (Å²) in [5.41, 5.74) is 1.90. The highest BCUT2D eigenvalue weighted by Crippen LogP contribution is 2.26. The number of nitrogens with one attached hydrogen (secondary N) is 1. The molecule has 0 bridgehead atoms. The predicted octanol–water partition coefficient (Wildman–Crippen LogP) is 2.23. The normalized spacial score (nSPS) is 18.0. The maximum atomic E-state index is 11.9. The number of anilines is 2. The molecule has 1 aromatic carbocycles. The van der Waals surface area contributed by atoms with Crippen molar-refractivity contribution in [3.63, 3.8) is 0 Å². The topological polar surface area (TPSA) is 50.2 Å². The van der Waals surface area contributed by atoms with Crippen LogP contribution in [0.25, 0.3) is 0 Å². The van der Waals surface area contributed by atoms with Crippen LogP contribution >= 0.6 is 15.9 Å². The first-order chi connectivity index (χ1) is 10.1. The molecule has 0 spiro atoms. The molecule has 1 aliphatic rings. The molecule has 1 aromatic heterocycles. The molecule has 1 aliphatic heterocycles. The van der Waals surface area contributed by atoms with Crippen LogP contribution in [0.3, 0.4) is 0 Å². The number of halogens is 1. The van der Waals surface area contributed by atoms with Crippen molar-refractivity contribution in [3.8, 4) is 0 Å². The second-order valence-electron chi connectivity index (χ2n) is 5.21. The van der Waals surface area contributed by atoms with Crippen LogP contribution < -0.4 is 15.8 Å². The predicted molar refractivity (Wildman–Crippen MR) is 87.9 cm³/mol. The number of benzene rings is 1. The summed E-state index contributed by atoms with van der Waals surface area (Å²) in [5, 5.41) is 7.63. The standard InChI is InChI=1S/C15H17BrN4O/c1-19-15(21)14(16)13(9-17-19)20-8-7-12(10-20)18-11-5-3-2-4-6-11/h2-6,9,12,18H,7-8,10H2,1H3. The summed E-state index contributed by atoms with van der Waals surface area (Å²) < 4.78 is 1.92. The third kappa shape index (κ3) is 2.95. The Morgan fingerprint density at radius 3 is 2.86 bits per heavy atom. The number of aromatic nitrogens is 2. The second-order valence-corrected chi connectivity index (χ2v) is 6.01. The number of para-hydroxylation sites is 1. The van der Waals surface area contributed by atoms with E-state index in [0.717, 1.165) is 30.9 Å². The van der Waals surface area contributed by atoms with Crippen molar-refractivity contribution >= 4 is 27.3 Å². The third-order valence-electron chi connectivity index (χ3n) is 3.73. The van der Waals surface area contributed by atoms with Crippen LogP contribution in [0, 0.1) is 0 Å². The molecule has 1 fully saturated rings. The van der Waals surface area contributed by atoms with Gasteiger partial charge in [0.05, 0.1) is 11.9 Å². The molecule has 0 saturated carbocycles. The van der Waals surface area contributed by atoms with Crippen molar-refractivity contribution in [2.75, 3.05) is 23.3 Å². The largest absolute Gasteiger partial charge is 0.380 e. The maximum Gasteiger partial charge on any atom is 0.282 e. The minimum absolute atomic E-state index is 0.105. The lowest BCUT2D eigenvalue weighted by Crippen LogP contribution is -2.29. The molecule has 0 radical (unpaired) electrons. The van der Waals surface area contributed by atoms with Crippen molar-refractivity contribution in [2.24, 2.45) is 7.05 Å². The van der Waals surface area contributed by atoms with Gasteiger partial charge in [-0.05, 0) is 34.5 Å². The van der Waals surface area contributed by atoms with Gasteiger partial charge in [-0.1, -0.05) is 18.2 Å². The maximum absolute atomic E-state index is 11.9. The third-order valence-corrected chi connectivity index (χ3v) is 4.48. The minimum Gasteiger partial charge on any atom is -0.380 e. The van der Waals surface area contributed by atoms with E-state index < -0.39 is 0 Å². The van der Waals surface area contributed by atoms with E-state index in [1.165, 1.54) is 4.68 Å². The van der Waals surface area contributed by atoms with Gasteiger partial charge in [0.2, 0.25) is 0 Å². The van der Waals surface area contributed by atoms with E-state index in [9.17, 15) is 4.79 Å². The summed E-state index contributed by atoms with van der Waals surface area (Å²) in [6, 6.07) is 10.6. The van der Waals surface area contributed by atoms with E-state index >= 15 is 0 Å². The Balaban J connectivity index is 1.73. The van der Waals surface area contributed by atoms with Gasteiger partial charge in [-0.15, -0.1) is 0 Å². The molecular weight excluding hydrogens is 332 g/mol. The van der Waals surface area contributed by atoms with Gasteiger partial charge in [-0.25, -0.2) is 4.68 Å². The molecule has 3 rings (SSSR count). The summed E-state index contributed by atoms with van der Waals surface area (Å²) >= 11 is 3.39. The summed E-state index contributed by atoms with van der Waals surface area (Å²) in [6.07, 6.45) is 2.78. The fourth-order valence-corrected chi connectivity index (χ4v) is 3.20. The lowest BCUT2D eigenvalue weighted by molar-refractivity contribution is 0.698. The number of nitrogens with zero attached hydrogens (tertiary/aromatic N) is 3. The molecule has 2 heterocycles. The van der Waals surface area contributed by atoms with Gasteiger partial charge in [0.15, 0.2) is 0 Å². The molecular formula is C15H17BrN4O. The van der Waals surface area contributed by atoms with Crippen LogP contribution in [0.15, 0.2) is 45.8 Å². The van der Waals surface area contributed by atoms with E-state index in [4.69, 9.17) is 0 Å². The van der Waals surface area contributed by atoms with Crippen molar-refractivity contribution in [1.82, 2.24) is 9.78 Å². The van der Waals surface area contributed by atoms with Crippen LogP contribution in [0.2, 0.25) is 0 Å². The lowest BCUT2D eigenvalue weighted by atomic mass is 10.2. The van der Waals surface area contributed by atoms with E-state index in [-0.39, 0.29) is 5.56 Å². The highest BCUT2D eigenvalue weighted by molar-refractivity contribution is 9.10. The zero-order valence-corrected chi connectivity index (χ0v) is 13.4. The average molecular weight is 349 g/mol. The van der Waals surface area contributed by atoms with Crippen molar-refractivity contribution in [1.29, 1.82) is 0 Å². The Morgan fingerprint density at radius 1 is 1.33 bits per heavy atom. The van der Waals surface area contributed by atoms with Gasteiger partial charge < -0.3 is 10.2 Å². The molecule has 1 unspecified atom stereocenters. The van der Waals surface area contributed by atoms with Crippen molar-refractivity contribution in [2.45, 2.75) is 12.5 Å². The van der Waals surface area contributed by atoms with Gasteiger partial charge in [0, 0.05) is 31.9 Å². The molecule has 1 N–H and O–H groups in total. The van der Waals surface area contributed by atoms with Gasteiger partial charge in [-0.2, -0.15) is 5.10 Å². The smallest absolute Gasteiger partial charge is 0.282 e. The number of rotatable bonds is 3. The quantitative estimate of drug-likeness (QED) is 0.923. The van der Waals surface area contributed by atoms with Crippen LogP contribution in [-0.2, 0) is 7.05 Å². The molecule has 0 aliphatic carbocycles. The SMILES string of the molecule is Cn1ncc(N2CCC(Nc3ccccc3)C2)c(Br)c1=O.